The maximum absolute atomic E-state index is 2.76. The molecule has 3 rings (SSSR count). The van der Waals surface area contributed by atoms with Crippen LogP contribution in [-0.2, 0) is 0 Å². The highest BCUT2D eigenvalue weighted by atomic mass is 15.2. The fourth-order valence-corrected chi connectivity index (χ4v) is 4.13. The molecule has 74 valence electrons. The molecule has 2 bridgehead atoms. The predicted octanol–water partition coefficient (Wildman–Crippen LogP) is 2.37. The Morgan fingerprint density at radius 2 is 2.00 bits per heavy atom. The van der Waals surface area contributed by atoms with Gasteiger partial charge in [0.1, 0.15) is 0 Å². The first kappa shape index (κ1) is 8.28. The van der Waals surface area contributed by atoms with Crippen LogP contribution in [0.1, 0.15) is 33.1 Å². The van der Waals surface area contributed by atoms with Crippen LogP contribution in [0.4, 0.5) is 0 Å². The molecule has 1 saturated heterocycles. The minimum absolute atomic E-state index is 0.861. The van der Waals surface area contributed by atoms with Crippen LogP contribution in [0.25, 0.3) is 0 Å². The topological polar surface area (TPSA) is 3.24 Å². The fraction of sp³-hybridized carbons (Fsp3) is 1.00. The van der Waals surface area contributed by atoms with Crippen LogP contribution in [0.15, 0.2) is 0 Å². The first-order valence-electron chi connectivity index (χ1n) is 5.99. The van der Waals surface area contributed by atoms with Crippen LogP contribution < -0.4 is 0 Å². The summed E-state index contributed by atoms with van der Waals surface area (Å²) in [6, 6.07) is 1.03. The van der Waals surface area contributed by atoms with E-state index in [1.807, 2.05) is 0 Å². The van der Waals surface area contributed by atoms with E-state index in [0.29, 0.717) is 0 Å². The lowest BCUT2D eigenvalue weighted by Gasteiger charge is -2.51. The molecule has 1 heteroatoms. The molecular formula is C12H21N. The molecule has 0 aromatic carbocycles. The van der Waals surface area contributed by atoms with E-state index in [0.717, 1.165) is 29.7 Å². The molecule has 1 aliphatic heterocycles. The Morgan fingerprint density at radius 1 is 1.23 bits per heavy atom. The van der Waals surface area contributed by atoms with E-state index < -0.39 is 0 Å². The molecule has 0 amide bonds. The number of hydrogen-bond acceptors (Lipinski definition) is 1. The molecule has 1 heterocycles. The van der Waals surface area contributed by atoms with Crippen molar-refractivity contribution in [3.05, 3.63) is 0 Å². The predicted molar refractivity (Wildman–Crippen MR) is 54.5 cm³/mol. The van der Waals surface area contributed by atoms with E-state index in [1.165, 1.54) is 13.1 Å². The van der Waals surface area contributed by atoms with E-state index in [2.05, 4.69) is 18.7 Å². The lowest BCUT2D eigenvalue weighted by atomic mass is 9.76. The van der Waals surface area contributed by atoms with Gasteiger partial charge >= 0.3 is 0 Å². The normalized spacial score (nSPS) is 48.2. The molecule has 0 spiro atoms. The molecule has 0 radical (unpaired) electrons. The second-order valence-corrected chi connectivity index (χ2v) is 5.84. The van der Waals surface area contributed by atoms with E-state index in [-0.39, 0.29) is 0 Å². The quantitative estimate of drug-likeness (QED) is 0.629. The van der Waals surface area contributed by atoms with Gasteiger partial charge in [-0.15, -0.1) is 0 Å². The van der Waals surface area contributed by atoms with Crippen LogP contribution >= 0.6 is 0 Å². The summed E-state index contributed by atoms with van der Waals surface area (Å²) in [4.78, 5) is 2.76. The third-order valence-corrected chi connectivity index (χ3v) is 4.51. The van der Waals surface area contributed by atoms with Gasteiger partial charge < -0.3 is 0 Å². The second kappa shape index (κ2) is 2.73. The number of nitrogens with zero attached hydrogens (tertiary/aromatic N) is 1. The Morgan fingerprint density at radius 3 is 2.69 bits per heavy atom. The first-order valence-corrected chi connectivity index (χ1v) is 5.99. The molecule has 0 aromatic rings. The molecule has 4 unspecified atom stereocenters. The van der Waals surface area contributed by atoms with Crippen molar-refractivity contribution in [1.82, 2.24) is 4.90 Å². The van der Waals surface area contributed by atoms with E-state index in [9.17, 15) is 0 Å². The van der Waals surface area contributed by atoms with Gasteiger partial charge in [-0.05, 0) is 42.9 Å². The Balaban J connectivity index is 1.66. The van der Waals surface area contributed by atoms with Crippen molar-refractivity contribution >= 4 is 0 Å². The highest BCUT2D eigenvalue weighted by molar-refractivity contribution is 5.08. The molecule has 4 atom stereocenters. The van der Waals surface area contributed by atoms with Crippen LogP contribution in [0.5, 0.6) is 0 Å². The zero-order chi connectivity index (χ0) is 9.00. The average molecular weight is 179 g/mol. The van der Waals surface area contributed by atoms with Crippen molar-refractivity contribution in [3.8, 4) is 0 Å². The standard InChI is InChI=1S/C12H21N/c1-8(2)6-13-7-11-9-3-4-10(5-9)12(11)13/h8-12H,3-7H2,1-2H3. The van der Waals surface area contributed by atoms with Gasteiger partial charge in [0.25, 0.3) is 0 Å². The molecular weight excluding hydrogens is 158 g/mol. The molecule has 13 heavy (non-hydrogen) atoms. The zero-order valence-electron chi connectivity index (χ0n) is 8.87. The third-order valence-electron chi connectivity index (χ3n) is 4.51. The molecule has 0 N–H and O–H groups in total. The van der Waals surface area contributed by atoms with Crippen molar-refractivity contribution < 1.29 is 0 Å². The Kier molecular flexibility index (Phi) is 1.74. The SMILES string of the molecule is CC(C)CN1CC2C3CCC(C3)C21. The molecule has 1 nitrogen and oxygen atoms in total. The molecule has 3 aliphatic rings. The van der Waals surface area contributed by atoms with Gasteiger partial charge in [0.2, 0.25) is 0 Å². The summed E-state index contributed by atoms with van der Waals surface area (Å²) in [6.45, 7) is 7.48. The van der Waals surface area contributed by atoms with Crippen LogP contribution in [0.2, 0.25) is 0 Å². The van der Waals surface area contributed by atoms with Gasteiger partial charge in [0.05, 0.1) is 0 Å². The lowest BCUT2D eigenvalue weighted by Crippen LogP contribution is -2.59. The summed E-state index contributed by atoms with van der Waals surface area (Å²) in [7, 11) is 0. The summed E-state index contributed by atoms with van der Waals surface area (Å²) in [5, 5.41) is 0. The Hall–Kier alpha value is -0.0400. The Labute approximate surface area is 81.5 Å². The minimum atomic E-state index is 0.861. The largest absolute Gasteiger partial charge is 0.299 e. The second-order valence-electron chi connectivity index (χ2n) is 5.84. The zero-order valence-corrected chi connectivity index (χ0v) is 8.87. The highest BCUT2D eigenvalue weighted by Crippen LogP contribution is 2.55. The molecule has 0 aromatic heterocycles. The van der Waals surface area contributed by atoms with Gasteiger partial charge in [-0.1, -0.05) is 13.8 Å². The van der Waals surface area contributed by atoms with Gasteiger partial charge in [-0.3, -0.25) is 4.90 Å². The van der Waals surface area contributed by atoms with Crippen molar-refractivity contribution in [2.45, 2.75) is 39.2 Å². The maximum atomic E-state index is 2.76. The summed E-state index contributed by atoms with van der Waals surface area (Å²) in [5.74, 6) is 4.22. The van der Waals surface area contributed by atoms with Crippen molar-refractivity contribution in [3.63, 3.8) is 0 Å². The van der Waals surface area contributed by atoms with E-state index in [1.54, 1.807) is 19.3 Å². The highest BCUT2D eigenvalue weighted by Gasteiger charge is 2.55. The third kappa shape index (κ3) is 1.09. The van der Waals surface area contributed by atoms with Gasteiger partial charge in [0, 0.05) is 19.1 Å². The summed E-state index contributed by atoms with van der Waals surface area (Å²) in [6.07, 6.45) is 4.67. The van der Waals surface area contributed by atoms with Crippen LogP contribution in [0.3, 0.4) is 0 Å². The van der Waals surface area contributed by atoms with E-state index in [4.69, 9.17) is 0 Å². The average Bonchev–Trinajstić information content (AvgIpc) is 2.54. The number of fused-ring (bicyclic) bond motifs is 5. The van der Waals surface area contributed by atoms with E-state index >= 15 is 0 Å². The summed E-state index contributed by atoms with van der Waals surface area (Å²) >= 11 is 0. The number of hydrogen-bond donors (Lipinski definition) is 0. The van der Waals surface area contributed by atoms with Crippen molar-refractivity contribution in [2.75, 3.05) is 13.1 Å². The number of likely N-dealkylation sites (tertiary alicyclic amines) is 1. The summed E-state index contributed by atoms with van der Waals surface area (Å²) < 4.78 is 0. The smallest absolute Gasteiger partial charge is 0.0167 e. The van der Waals surface area contributed by atoms with Crippen LogP contribution in [-0.4, -0.2) is 24.0 Å². The summed E-state index contributed by atoms with van der Waals surface area (Å²) in [5.41, 5.74) is 0. The van der Waals surface area contributed by atoms with Crippen molar-refractivity contribution in [2.24, 2.45) is 23.7 Å². The molecule has 2 saturated carbocycles. The minimum Gasteiger partial charge on any atom is -0.299 e. The van der Waals surface area contributed by atoms with Crippen molar-refractivity contribution in [1.29, 1.82) is 0 Å². The monoisotopic (exact) mass is 179 g/mol. The molecule has 3 fully saturated rings. The number of rotatable bonds is 2. The van der Waals surface area contributed by atoms with Gasteiger partial charge in [-0.25, -0.2) is 0 Å². The van der Waals surface area contributed by atoms with Gasteiger partial charge in [-0.2, -0.15) is 0 Å². The fourth-order valence-electron chi connectivity index (χ4n) is 4.13. The Bertz CT molecular complexity index is 209. The lowest BCUT2D eigenvalue weighted by molar-refractivity contribution is -0.0289. The molecule has 2 aliphatic carbocycles. The maximum Gasteiger partial charge on any atom is 0.0167 e. The first-order chi connectivity index (χ1) is 6.25. The van der Waals surface area contributed by atoms with Crippen LogP contribution in [0, 0.1) is 23.7 Å². The van der Waals surface area contributed by atoms with Gasteiger partial charge in [0.15, 0.2) is 0 Å².